The lowest BCUT2D eigenvalue weighted by molar-refractivity contribution is 0.0998. The summed E-state index contributed by atoms with van der Waals surface area (Å²) in [6.07, 6.45) is 3.20. The molecule has 0 saturated carbocycles. The minimum absolute atomic E-state index is 0.206. The molecule has 0 radical (unpaired) electrons. The number of hydrogen-bond acceptors (Lipinski definition) is 3. The highest BCUT2D eigenvalue weighted by atomic mass is 32.1. The Kier molecular flexibility index (Phi) is 4.75. The second-order valence-electron chi connectivity index (χ2n) is 4.22. The van der Waals surface area contributed by atoms with E-state index in [2.05, 4.69) is 9.89 Å². The van der Waals surface area contributed by atoms with Crippen LogP contribution in [0.1, 0.15) is 35.9 Å². The van der Waals surface area contributed by atoms with Crippen LogP contribution in [0, 0.1) is 0 Å². The maximum Gasteiger partial charge on any atom is 0.295 e. The lowest BCUT2D eigenvalue weighted by Crippen LogP contribution is -2.31. The first-order valence-electron chi connectivity index (χ1n) is 6.35. The highest BCUT2D eigenvalue weighted by molar-refractivity contribution is 7.12. The van der Waals surface area contributed by atoms with Gasteiger partial charge in [-0.3, -0.25) is 4.79 Å². The van der Waals surface area contributed by atoms with Crippen LogP contribution in [0.5, 0.6) is 0 Å². The monoisotopic (exact) mass is 266 g/mol. The lowest BCUT2D eigenvalue weighted by Gasteiger charge is -2.19. The van der Waals surface area contributed by atoms with Crippen molar-refractivity contribution >= 4 is 23.3 Å². The van der Waals surface area contributed by atoms with E-state index in [1.165, 1.54) is 11.3 Å². The first kappa shape index (κ1) is 13.1. The largest absolute Gasteiger partial charge is 0.465 e. The van der Waals surface area contributed by atoms with Crippen LogP contribution in [0.3, 0.4) is 0 Å². The maximum absolute atomic E-state index is 12.0. The fourth-order valence-electron chi connectivity index (χ4n) is 1.84. The molecular formula is C13H18N2O2S. The van der Waals surface area contributed by atoms with Crippen LogP contribution >= 0.6 is 11.3 Å². The van der Waals surface area contributed by atoms with Crippen molar-refractivity contribution in [3.63, 3.8) is 0 Å². The van der Waals surface area contributed by atoms with Gasteiger partial charge in [-0.15, -0.1) is 11.3 Å². The topological polar surface area (TPSA) is 41.9 Å². The molecule has 1 aliphatic rings. The van der Waals surface area contributed by atoms with Crippen molar-refractivity contribution < 1.29 is 9.53 Å². The lowest BCUT2D eigenvalue weighted by atomic mass is 10.4. The Hall–Kier alpha value is -1.36. The Labute approximate surface area is 111 Å². The number of rotatable bonds is 3. The van der Waals surface area contributed by atoms with Gasteiger partial charge in [0.2, 0.25) is 0 Å². The summed E-state index contributed by atoms with van der Waals surface area (Å²) in [5.41, 5.74) is 0. The Morgan fingerprint density at radius 1 is 1.50 bits per heavy atom. The molecule has 18 heavy (non-hydrogen) atoms. The molecule has 0 unspecified atom stereocenters. The van der Waals surface area contributed by atoms with Gasteiger partial charge >= 0.3 is 0 Å². The summed E-state index contributed by atoms with van der Waals surface area (Å²) in [4.78, 5) is 18.8. The minimum Gasteiger partial charge on any atom is -0.465 e. The molecule has 1 amide bonds. The molecule has 0 bridgehead atoms. The molecule has 98 valence electrons. The zero-order chi connectivity index (χ0) is 12.8. The second-order valence-corrected chi connectivity index (χ2v) is 5.17. The van der Waals surface area contributed by atoms with Gasteiger partial charge in [0.15, 0.2) is 0 Å². The smallest absolute Gasteiger partial charge is 0.295 e. The molecule has 1 aromatic rings. The third-order valence-electron chi connectivity index (χ3n) is 2.74. The van der Waals surface area contributed by atoms with Crippen molar-refractivity contribution in [1.29, 1.82) is 0 Å². The molecular weight excluding hydrogens is 248 g/mol. The van der Waals surface area contributed by atoms with E-state index >= 15 is 0 Å². The Balaban J connectivity index is 2.09. The summed E-state index contributed by atoms with van der Waals surface area (Å²) in [5.74, 6) is -0.206. The van der Waals surface area contributed by atoms with Gasteiger partial charge < -0.3 is 9.64 Å². The molecule has 2 rings (SSSR count). The molecule has 0 spiro atoms. The van der Waals surface area contributed by atoms with E-state index in [-0.39, 0.29) is 5.91 Å². The number of amides is 1. The zero-order valence-electron chi connectivity index (χ0n) is 10.6. The fourth-order valence-corrected chi connectivity index (χ4v) is 2.45. The first-order valence-corrected chi connectivity index (χ1v) is 7.23. The van der Waals surface area contributed by atoms with Crippen LogP contribution in [0.4, 0.5) is 0 Å². The second kappa shape index (κ2) is 6.54. The summed E-state index contributed by atoms with van der Waals surface area (Å²) in [6, 6.07) is 4.14. The summed E-state index contributed by atoms with van der Waals surface area (Å²) < 4.78 is 5.60. The third-order valence-corrected chi connectivity index (χ3v) is 3.60. The molecule has 0 aliphatic carbocycles. The summed E-state index contributed by atoms with van der Waals surface area (Å²) in [7, 11) is 0. The van der Waals surface area contributed by atoms with Crippen molar-refractivity contribution in [2.24, 2.45) is 4.99 Å². The van der Waals surface area contributed by atoms with Crippen LogP contribution in [-0.4, -0.2) is 36.5 Å². The van der Waals surface area contributed by atoms with E-state index in [1.807, 2.05) is 18.4 Å². The maximum atomic E-state index is 12.0. The first-order chi connectivity index (χ1) is 8.81. The van der Waals surface area contributed by atoms with E-state index < -0.39 is 0 Å². The SMILES string of the molecule is CCCOC(=NC(=O)c1cccs1)N1CCCC1. The number of carbonyl (C=O) groups excluding carboxylic acids is 1. The van der Waals surface area contributed by atoms with Crippen LogP contribution in [0.25, 0.3) is 0 Å². The van der Waals surface area contributed by atoms with E-state index in [0.717, 1.165) is 32.4 Å². The van der Waals surface area contributed by atoms with Crippen LogP contribution in [0.15, 0.2) is 22.5 Å². The van der Waals surface area contributed by atoms with Gasteiger partial charge in [0.05, 0.1) is 11.5 Å². The summed E-state index contributed by atoms with van der Waals surface area (Å²) in [5, 5.41) is 1.88. The van der Waals surface area contributed by atoms with Crippen LogP contribution in [0.2, 0.25) is 0 Å². The van der Waals surface area contributed by atoms with E-state index in [4.69, 9.17) is 4.74 Å². The van der Waals surface area contributed by atoms with Crippen LogP contribution in [-0.2, 0) is 4.74 Å². The van der Waals surface area contributed by atoms with Crippen molar-refractivity contribution in [2.45, 2.75) is 26.2 Å². The number of hydrogen-bond donors (Lipinski definition) is 0. The normalized spacial score (nSPS) is 16.1. The van der Waals surface area contributed by atoms with E-state index in [9.17, 15) is 4.79 Å². The number of likely N-dealkylation sites (tertiary alicyclic amines) is 1. The van der Waals surface area contributed by atoms with Crippen molar-refractivity contribution in [3.05, 3.63) is 22.4 Å². The summed E-state index contributed by atoms with van der Waals surface area (Å²) in [6.45, 7) is 4.51. The van der Waals surface area contributed by atoms with E-state index in [0.29, 0.717) is 17.5 Å². The fraction of sp³-hybridized carbons (Fsp3) is 0.538. The molecule has 1 aromatic heterocycles. The van der Waals surface area contributed by atoms with E-state index in [1.54, 1.807) is 6.07 Å². The highest BCUT2D eigenvalue weighted by Crippen LogP contribution is 2.13. The number of aliphatic imine (C=N–C) groups is 1. The standard InChI is InChI=1S/C13H18N2O2S/c1-2-9-17-13(15-7-3-4-8-15)14-12(16)11-6-5-10-18-11/h5-6,10H,2-4,7-9H2,1H3. The van der Waals surface area contributed by atoms with Crippen molar-refractivity contribution in [1.82, 2.24) is 4.90 Å². The average molecular weight is 266 g/mol. The Morgan fingerprint density at radius 3 is 2.89 bits per heavy atom. The molecule has 4 nitrogen and oxygen atoms in total. The van der Waals surface area contributed by atoms with Crippen molar-refractivity contribution in [3.8, 4) is 0 Å². The van der Waals surface area contributed by atoms with Gasteiger partial charge in [-0.05, 0) is 30.7 Å². The van der Waals surface area contributed by atoms with Gasteiger partial charge in [0.25, 0.3) is 11.9 Å². The van der Waals surface area contributed by atoms with Gasteiger partial charge in [-0.2, -0.15) is 4.99 Å². The number of ether oxygens (including phenoxy) is 1. The molecule has 1 aliphatic heterocycles. The average Bonchev–Trinajstić information content (AvgIpc) is 3.04. The predicted molar refractivity (Wildman–Crippen MR) is 73.1 cm³/mol. The number of carbonyl (C=O) groups is 1. The van der Waals surface area contributed by atoms with Crippen molar-refractivity contribution in [2.75, 3.05) is 19.7 Å². The van der Waals surface area contributed by atoms with Gasteiger partial charge in [-0.25, -0.2) is 0 Å². The third kappa shape index (κ3) is 3.32. The Morgan fingerprint density at radius 2 is 2.28 bits per heavy atom. The highest BCUT2D eigenvalue weighted by Gasteiger charge is 2.19. The van der Waals surface area contributed by atoms with Gasteiger partial charge in [0, 0.05) is 13.1 Å². The molecule has 0 aromatic carbocycles. The molecule has 2 heterocycles. The number of nitrogens with zero attached hydrogens (tertiary/aromatic N) is 2. The number of thiophene rings is 1. The number of amidine groups is 1. The zero-order valence-corrected chi connectivity index (χ0v) is 11.4. The Bertz CT molecular complexity index is 409. The van der Waals surface area contributed by atoms with Gasteiger partial charge in [0.1, 0.15) is 0 Å². The molecule has 1 fully saturated rings. The molecule has 0 N–H and O–H groups in total. The molecule has 5 heteroatoms. The summed E-state index contributed by atoms with van der Waals surface area (Å²) >= 11 is 1.41. The predicted octanol–water partition coefficient (Wildman–Crippen LogP) is 2.77. The quantitative estimate of drug-likeness (QED) is 0.624. The molecule has 1 saturated heterocycles. The minimum atomic E-state index is -0.206. The molecule has 0 atom stereocenters. The van der Waals surface area contributed by atoms with Gasteiger partial charge in [-0.1, -0.05) is 13.0 Å². The van der Waals surface area contributed by atoms with Crippen LogP contribution < -0.4 is 0 Å².